The van der Waals surface area contributed by atoms with Crippen molar-refractivity contribution in [1.29, 1.82) is 0 Å². The van der Waals surface area contributed by atoms with Crippen LogP contribution in [0.4, 0.5) is 4.79 Å². The number of nitrogens with zero attached hydrogens (tertiary/aromatic N) is 2. The highest BCUT2D eigenvalue weighted by Gasteiger charge is 2.23. The van der Waals surface area contributed by atoms with Gasteiger partial charge in [0.05, 0.1) is 13.2 Å². The topological polar surface area (TPSA) is 61.9 Å². The maximum atomic E-state index is 11.8. The van der Waals surface area contributed by atoms with Crippen molar-refractivity contribution < 1.29 is 14.3 Å². The lowest BCUT2D eigenvalue weighted by atomic mass is 10.2. The van der Waals surface area contributed by atoms with E-state index in [1.807, 2.05) is 0 Å². The van der Waals surface area contributed by atoms with Crippen LogP contribution in [0.25, 0.3) is 0 Å². The molecule has 2 rings (SSSR count). The number of hydrogen-bond donors (Lipinski definition) is 1. The predicted molar refractivity (Wildman–Crippen MR) is 74.3 cm³/mol. The molecule has 1 atom stereocenters. The third kappa shape index (κ3) is 4.36. The van der Waals surface area contributed by atoms with E-state index in [0.717, 1.165) is 32.1 Å². The van der Waals surface area contributed by atoms with Crippen LogP contribution in [0.5, 0.6) is 0 Å². The van der Waals surface area contributed by atoms with Crippen molar-refractivity contribution >= 4 is 22.9 Å². The Bertz CT molecular complexity index is 334. The monoisotopic (exact) mass is 287 g/mol. The average molecular weight is 287 g/mol. The number of carbonyl (C=O) groups is 2. The first-order valence-electron chi connectivity index (χ1n) is 6.67. The van der Waals surface area contributed by atoms with Gasteiger partial charge in [-0.3, -0.25) is 14.5 Å². The van der Waals surface area contributed by atoms with E-state index in [-0.39, 0.29) is 17.7 Å². The summed E-state index contributed by atoms with van der Waals surface area (Å²) in [6.45, 7) is 6.93. The van der Waals surface area contributed by atoms with Gasteiger partial charge in [0.1, 0.15) is 6.54 Å². The van der Waals surface area contributed by atoms with Crippen molar-refractivity contribution in [1.82, 2.24) is 15.1 Å². The van der Waals surface area contributed by atoms with Gasteiger partial charge in [-0.1, -0.05) is 11.8 Å². The van der Waals surface area contributed by atoms with Gasteiger partial charge in [-0.2, -0.15) is 0 Å². The van der Waals surface area contributed by atoms with Crippen molar-refractivity contribution in [3.63, 3.8) is 0 Å². The van der Waals surface area contributed by atoms with Crippen LogP contribution in [0.2, 0.25) is 0 Å². The zero-order chi connectivity index (χ0) is 13.7. The minimum absolute atomic E-state index is 0.0105. The van der Waals surface area contributed by atoms with Crippen LogP contribution in [0.3, 0.4) is 0 Å². The molecule has 0 aliphatic carbocycles. The molecule has 0 spiro atoms. The van der Waals surface area contributed by atoms with Gasteiger partial charge in [-0.05, 0) is 6.92 Å². The fourth-order valence-electron chi connectivity index (χ4n) is 2.21. The minimum Gasteiger partial charge on any atom is -0.379 e. The first-order chi connectivity index (χ1) is 9.16. The smallest absolute Gasteiger partial charge is 0.282 e. The molecular formula is C12H21N3O3S. The van der Waals surface area contributed by atoms with Crippen molar-refractivity contribution in [3.05, 3.63) is 0 Å². The number of amides is 2. The van der Waals surface area contributed by atoms with Crippen LogP contribution in [0.1, 0.15) is 6.92 Å². The van der Waals surface area contributed by atoms with Crippen molar-refractivity contribution in [2.45, 2.75) is 13.0 Å². The van der Waals surface area contributed by atoms with Gasteiger partial charge < -0.3 is 15.0 Å². The third-order valence-corrected chi connectivity index (χ3v) is 4.33. The lowest BCUT2D eigenvalue weighted by Crippen LogP contribution is -2.48. The Labute approximate surface area is 117 Å². The summed E-state index contributed by atoms with van der Waals surface area (Å²) in [5, 5.41) is 2.91. The Morgan fingerprint density at radius 2 is 2.16 bits per heavy atom. The number of hydrogen-bond acceptors (Lipinski definition) is 5. The second-order valence-corrected chi connectivity index (χ2v) is 5.88. The van der Waals surface area contributed by atoms with E-state index < -0.39 is 0 Å². The third-order valence-electron chi connectivity index (χ3n) is 3.44. The molecule has 0 aromatic rings. The molecule has 2 aliphatic heterocycles. The number of rotatable bonds is 5. The highest BCUT2D eigenvalue weighted by Crippen LogP contribution is 2.16. The molecular weight excluding hydrogens is 266 g/mol. The Balaban J connectivity index is 1.66. The molecule has 1 N–H and O–H groups in total. The molecule has 7 heteroatoms. The predicted octanol–water partition coefficient (Wildman–Crippen LogP) is -0.00790. The minimum atomic E-state index is -0.0732. The quantitative estimate of drug-likeness (QED) is 0.771. The van der Waals surface area contributed by atoms with Crippen LogP contribution in [0.15, 0.2) is 0 Å². The first kappa shape index (κ1) is 14.6. The van der Waals surface area contributed by atoms with Crippen LogP contribution < -0.4 is 5.32 Å². The molecule has 0 bridgehead atoms. The molecule has 0 aromatic carbocycles. The molecule has 2 amide bonds. The van der Waals surface area contributed by atoms with Gasteiger partial charge in [0.2, 0.25) is 5.91 Å². The van der Waals surface area contributed by atoms with Crippen molar-refractivity contribution in [3.8, 4) is 0 Å². The lowest BCUT2D eigenvalue weighted by Gasteiger charge is -2.32. The molecule has 2 heterocycles. The van der Waals surface area contributed by atoms with Crippen LogP contribution in [-0.2, 0) is 9.53 Å². The van der Waals surface area contributed by atoms with E-state index in [1.54, 1.807) is 4.90 Å². The lowest BCUT2D eigenvalue weighted by molar-refractivity contribution is -0.121. The van der Waals surface area contributed by atoms with E-state index in [2.05, 4.69) is 17.1 Å². The number of carbonyl (C=O) groups excluding carboxylic acids is 2. The van der Waals surface area contributed by atoms with E-state index in [9.17, 15) is 9.59 Å². The summed E-state index contributed by atoms with van der Waals surface area (Å²) in [5.41, 5.74) is 0. The summed E-state index contributed by atoms with van der Waals surface area (Å²) in [5.74, 6) is 0.715. The largest absolute Gasteiger partial charge is 0.379 e. The molecule has 6 nitrogen and oxygen atoms in total. The number of nitrogens with one attached hydrogen (secondary N) is 1. The number of ether oxygens (including phenoxy) is 1. The summed E-state index contributed by atoms with van der Waals surface area (Å²) in [6.07, 6.45) is 0. The maximum Gasteiger partial charge on any atom is 0.282 e. The molecule has 2 saturated heterocycles. The SMILES string of the molecule is C[C@@H](CNC(=O)CN1CCSC1=O)N1CCOCC1. The maximum absolute atomic E-state index is 11.8. The Kier molecular flexibility index (Phi) is 5.47. The Morgan fingerprint density at radius 1 is 1.42 bits per heavy atom. The molecule has 19 heavy (non-hydrogen) atoms. The highest BCUT2D eigenvalue weighted by molar-refractivity contribution is 8.13. The summed E-state index contributed by atoms with van der Waals surface area (Å²) < 4.78 is 5.30. The Hall–Kier alpha value is -0.790. The molecule has 2 fully saturated rings. The van der Waals surface area contributed by atoms with Gasteiger partial charge in [-0.15, -0.1) is 0 Å². The molecule has 2 aliphatic rings. The highest BCUT2D eigenvalue weighted by atomic mass is 32.2. The van der Waals surface area contributed by atoms with Gasteiger partial charge in [0.25, 0.3) is 5.24 Å². The van der Waals surface area contributed by atoms with Crippen LogP contribution in [-0.4, -0.2) is 78.7 Å². The molecule has 0 aromatic heterocycles. The normalized spacial score (nSPS) is 22.6. The van der Waals surface area contributed by atoms with Gasteiger partial charge in [-0.25, -0.2) is 0 Å². The fourth-order valence-corrected chi connectivity index (χ4v) is 3.03. The van der Waals surface area contributed by atoms with Crippen molar-refractivity contribution in [2.75, 3.05) is 51.7 Å². The molecule has 0 saturated carbocycles. The molecule has 0 unspecified atom stereocenters. The van der Waals surface area contributed by atoms with E-state index >= 15 is 0 Å². The van der Waals surface area contributed by atoms with E-state index in [0.29, 0.717) is 19.1 Å². The standard InChI is InChI=1S/C12H21N3O3S/c1-10(14-2-5-18-6-3-14)8-13-11(16)9-15-4-7-19-12(15)17/h10H,2-9H2,1H3,(H,13,16)/t10-/m0/s1. The number of morpholine rings is 1. The summed E-state index contributed by atoms with van der Waals surface area (Å²) in [7, 11) is 0. The van der Waals surface area contributed by atoms with Crippen molar-refractivity contribution in [2.24, 2.45) is 0 Å². The second kappa shape index (κ2) is 7.12. The first-order valence-corrected chi connectivity index (χ1v) is 7.65. The summed E-state index contributed by atoms with van der Waals surface area (Å²) in [6, 6.07) is 0.302. The average Bonchev–Trinajstić information content (AvgIpc) is 2.82. The van der Waals surface area contributed by atoms with Crippen LogP contribution >= 0.6 is 11.8 Å². The van der Waals surface area contributed by atoms with Gasteiger partial charge >= 0.3 is 0 Å². The zero-order valence-corrected chi connectivity index (χ0v) is 12.1. The summed E-state index contributed by atoms with van der Waals surface area (Å²) in [4.78, 5) is 27.1. The summed E-state index contributed by atoms with van der Waals surface area (Å²) >= 11 is 1.28. The Morgan fingerprint density at radius 3 is 2.79 bits per heavy atom. The van der Waals surface area contributed by atoms with Crippen LogP contribution in [0, 0.1) is 0 Å². The van der Waals surface area contributed by atoms with Gasteiger partial charge in [0.15, 0.2) is 0 Å². The molecule has 108 valence electrons. The number of thioether (sulfide) groups is 1. The molecule has 0 radical (unpaired) electrons. The fraction of sp³-hybridized carbons (Fsp3) is 0.833. The second-order valence-electron chi connectivity index (χ2n) is 4.84. The van der Waals surface area contributed by atoms with E-state index in [1.165, 1.54) is 11.8 Å². The van der Waals surface area contributed by atoms with E-state index in [4.69, 9.17) is 4.74 Å². The van der Waals surface area contributed by atoms with Gasteiger partial charge in [0, 0.05) is 38.0 Å². The zero-order valence-electron chi connectivity index (χ0n) is 11.3.